The van der Waals surface area contributed by atoms with Crippen molar-refractivity contribution in [2.75, 3.05) is 5.75 Å². The quantitative estimate of drug-likeness (QED) is 0.912. The van der Waals surface area contributed by atoms with E-state index in [9.17, 15) is 4.21 Å². The fourth-order valence-electron chi connectivity index (χ4n) is 1.37. The lowest BCUT2D eigenvalue weighted by molar-refractivity contribution is 0.577. The standard InChI is InChI=1S/C12H15ClN2OS/c1-12(2,15)8-17(16)7-10-4-3-9(6-14)5-11(10)13/h3-5H,7-8,15H2,1-2H3. The summed E-state index contributed by atoms with van der Waals surface area (Å²) in [6.07, 6.45) is 0. The Labute approximate surface area is 109 Å². The first kappa shape index (κ1) is 14.2. The van der Waals surface area contributed by atoms with Crippen molar-refractivity contribution >= 4 is 22.4 Å². The Morgan fingerprint density at radius 3 is 2.65 bits per heavy atom. The van der Waals surface area contributed by atoms with Crippen LogP contribution in [0.25, 0.3) is 0 Å². The molecule has 0 aliphatic rings. The lowest BCUT2D eigenvalue weighted by atomic mass is 10.1. The van der Waals surface area contributed by atoms with Crippen LogP contribution in [-0.2, 0) is 16.6 Å². The van der Waals surface area contributed by atoms with Crippen LogP contribution in [0.15, 0.2) is 18.2 Å². The molecule has 5 heteroatoms. The molecule has 0 aliphatic heterocycles. The number of rotatable bonds is 4. The first-order chi connectivity index (χ1) is 7.81. The average Bonchev–Trinajstić information content (AvgIpc) is 2.18. The zero-order valence-corrected chi connectivity index (χ0v) is 11.4. The van der Waals surface area contributed by atoms with Crippen LogP contribution in [0.1, 0.15) is 25.0 Å². The van der Waals surface area contributed by atoms with E-state index in [0.717, 1.165) is 5.56 Å². The number of nitriles is 1. The molecule has 0 saturated heterocycles. The maximum Gasteiger partial charge on any atom is 0.0992 e. The van der Waals surface area contributed by atoms with Gasteiger partial charge >= 0.3 is 0 Å². The molecule has 1 unspecified atom stereocenters. The summed E-state index contributed by atoms with van der Waals surface area (Å²) in [5.41, 5.74) is 6.64. The van der Waals surface area contributed by atoms with Gasteiger partial charge in [-0.2, -0.15) is 5.26 Å². The van der Waals surface area contributed by atoms with Crippen LogP contribution in [0.4, 0.5) is 0 Å². The second-order valence-corrected chi connectivity index (χ2v) is 6.50. The van der Waals surface area contributed by atoms with Crippen molar-refractivity contribution in [3.05, 3.63) is 34.3 Å². The van der Waals surface area contributed by atoms with Gasteiger partial charge in [0.05, 0.1) is 17.4 Å². The van der Waals surface area contributed by atoms with Gasteiger partial charge in [0, 0.05) is 27.1 Å². The van der Waals surface area contributed by atoms with E-state index in [1.165, 1.54) is 0 Å². The molecule has 0 heterocycles. The van der Waals surface area contributed by atoms with E-state index in [0.29, 0.717) is 22.1 Å². The predicted octanol–water partition coefficient (Wildman–Crippen LogP) is 2.20. The third kappa shape index (κ3) is 4.86. The Morgan fingerprint density at radius 2 is 2.18 bits per heavy atom. The zero-order chi connectivity index (χ0) is 13.1. The number of nitrogens with two attached hydrogens (primary N) is 1. The van der Waals surface area contributed by atoms with Crippen molar-refractivity contribution in [1.82, 2.24) is 0 Å². The molecule has 0 bridgehead atoms. The molecule has 0 aromatic heterocycles. The Hall–Kier alpha value is -0.890. The zero-order valence-electron chi connectivity index (χ0n) is 9.87. The fourth-order valence-corrected chi connectivity index (χ4v) is 3.23. The van der Waals surface area contributed by atoms with Gasteiger partial charge in [-0.25, -0.2) is 0 Å². The molecule has 0 aliphatic carbocycles. The molecule has 1 aromatic rings. The van der Waals surface area contributed by atoms with E-state index in [1.54, 1.807) is 18.2 Å². The molecule has 0 saturated carbocycles. The molecule has 0 fully saturated rings. The SMILES string of the molecule is CC(C)(N)CS(=O)Cc1ccc(C#N)cc1Cl. The highest BCUT2D eigenvalue weighted by Crippen LogP contribution is 2.19. The van der Waals surface area contributed by atoms with Crippen molar-refractivity contribution in [3.8, 4) is 6.07 Å². The minimum atomic E-state index is -1.05. The number of benzene rings is 1. The number of halogens is 1. The largest absolute Gasteiger partial charge is 0.325 e. The van der Waals surface area contributed by atoms with E-state index >= 15 is 0 Å². The van der Waals surface area contributed by atoms with Gasteiger partial charge in [0.2, 0.25) is 0 Å². The van der Waals surface area contributed by atoms with Gasteiger partial charge in [0.15, 0.2) is 0 Å². The second kappa shape index (κ2) is 5.63. The van der Waals surface area contributed by atoms with Crippen LogP contribution < -0.4 is 5.73 Å². The Balaban J connectivity index is 2.76. The molecule has 92 valence electrons. The van der Waals surface area contributed by atoms with Crippen molar-refractivity contribution in [2.24, 2.45) is 5.73 Å². The highest BCUT2D eigenvalue weighted by molar-refractivity contribution is 7.84. The number of hydrogen-bond acceptors (Lipinski definition) is 3. The maximum atomic E-state index is 11.8. The van der Waals surface area contributed by atoms with Gasteiger partial charge in [-0.15, -0.1) is 0 Å². The van der Waals surface area contributed by atoms with Gasteiger partial charge in [0.1, 0.15) is 0 Å². The van der Waals surface area contributed by atoms with Crippen LogP contribution in [0.5, 0.6) is 0 Å². The highest BCUT2D eigenvalue weighted by Gasteiger charge is 2.16. The van der Waals surface area contributed by atoms with Crippen molar-refractivity contribution < 1.29 is 4.21 Å². The van der Waals surface area contributed by atoms with E-state index in [1.807, 2.05) is 19.9 Å². The number of nitrogens with zero attached hydrogens (tertiary/aromatic N) is 1. The van der Waals surface area contributed by atoms with Crippen LogP contribution in [0.2, 0.25) is 5.02 Å². The van der Waals surface area contributed by atoms with E-state index < -0.39 is 16.3 Å². The third-order valence-corrected chi connectivity index (χ3v) is 4.08. The van der Waals surface area contributed by atoms with E-state index in [2.05, 4.69) is 0 Å². The summed E-state index contributed by atoms with van der Waals surface area (Å²) in [7, 11) is -1.05. The minimum Gasteiger partial charge on any atom is -0.325 e. The monoisotopic (exact) mass is 270 g/mol. The summed E-state index contributed by atoms with van der Waals surface area (Å²) in [4.78, 5) is 0. The van der Waals surface area contributed by atoms with Crippen LogP contribution >= 0.6 is 11.6 Å². The first-order valence-corrected chi connectivity index (χ1v) is 7.01. The molecule has 1 atom stereocenters. The third-order valence-electron chi connectivity index (χ3n) is 2.03. The molecule has 0 amide bonds. The predicted molar refractivity (Wildman–Crippen MR) is 71.1 cm³/mol. The molecule has 0 spiro atoms. The van der Waals surface area contributed by atoms with Crippen LogP contribution in [0.3, 0.4) is 0 Å². The molecular weight excluding hydrogens is 256 g/mol. The van der Waals surface area contributed by atoms with Gasteiger partial charge in [-0.1, -0.05) is 17.7 Å². The average molecular weight is 271 g/mol. The molecule has 2 N–H and O–H groups in total. The summed E-state index contributed by atoms with van der Waals surface area (Å²) in [6.45, 7) is 3.68. The second-order valence-electron chi connectivity index (χ2n) is 4.64. The van der Waals surface area contributed by atoms with Gasteiger partial charge < -0.3 is 5.73 Å². The first-order valence-electron chi connectivity index (χ1n) is 5.14. The summed E-state index contributed by atoms with van der Waals surface area (Å²) in [6, 6.07) is 7.00. The molecule has 1 aromatic carbocycles. The smallest absolute Gasteiger partial charge is 0.0992 e. The molecular formula is C12H15ClN2OS. The Bertz CT molecular complexity index is 474. The van der Waals surface area contributed by atoms with Gasteiger partial charge in [-0.3, -0.25) is 4.21 Å². The topological polar surface area (TPSA) is 66.9 Å². The van der Waals surface area contributed by atoms with Crippen LogP contribution in [-0.4, -0.2) is 15.5 Å². The normalized spacial score (nSPS) is 13.1. The van der Waals surface area contributed by atoms with Crippen LogP contribution in [0, 0.1) is 11.3 Å². The Kier molecular flexibility index (Phi) is 4.70. The summed E-state index contributed by atoms with van der Waals surface area (Å²) >= 11 is 6.01. The van der Waals surface area contributed by atoms with Crippen molar-refractivity contribution in [2.45, 2.75) is 25.1 Å². The number of hydrogen-bond donors (Lipinski definition) is 1. The van der Waals surface area contributed by atoms with E-state index in [4.69, 9.17) is 22.6 Å². The fraction of sp³-hybridized carbons (Fsp3) is 0.417. The van der Waals surface area contributed by atoms with E-state index in [-0.39, 0.29) is 0 Å². The van der Waals surface area contributed by atoms with Gasteiger partial charge in [-0.05, 0) is 31.5 Å². The summed E-state index contributed by atoms with van der Waals surface area (Å²) in [5.74, 6) is 0.786. The summed E-state index contributed by atoms with van der Waals surface area (Å²) in [5, 5.41) is 9.18. The van der Waals surface area contributed by atoms with Crippen molar-refractivity contribution in [3.63, 3.8) is 0 Å². The summed E-state index contributed by atoms with van der Waals surface area (Å²) < 4.78 is 11.8. The lowest BCUT2D eigenvalue weighted by Gasteiger charge is -2.17. The molecule has 3 nitrogen and oxygen atoms in total. The van der Waals surface area contributed by atoms with Gasteiger partial charge in [0.25, 0.3) is 0 Å². The van der Waals surface area contributed by atoms with Crippen molar-refractivity contribution in [1.29, 1.82) is 5.26 Å². The molecule has 0 radical (unpaired) electrons. The maximum absolute atomic E-state index is 11.8. The molecule has 17 heavy (non-hydrogen) atoms. The highest BCUT2D eigenvalue weighted by atomic mass is 35.5. The minimum absolute atomic E-state index is 0.366. The lowest BCUT2D eigenvalue weighted by Crippen LogP contribution is -2.38. The molecule has 1 rings (SSSR count). The Morgan fingerprint density at radius 1 is 1.53 bits per heavy atom.